The van der Waals surface area contributed by atoms with Crippen molar-refractivity contribution in [1.29, 1.82) is 0 Å². The summed E-state index contributed by atoms with van der Waals surface area (Å²) in [7, 11) is -3.67. The minimum atomic E-state index is -3.67. The average molecular weight is 378 g/mol. The molecule has 24 heavy (non-hydrogen) atoms. The van der Waals surface area contributed by atoms with E-state index >= 15 is 0 Å². The summed E-state index contributed by atoms with van der Waals surface area (Å²) in [6, 6.07) is 14.5. The number of aromatic nitrogens is 2. The maximum Gasteiger partial charge on any atom is 0.263 e. The van der Waals surface area contributed by atoms with Crippen LogP contribution in [0.1, 0.15) is 5.56 Å². The van der Waals surface area contributed by atoms with Crippen LogP contribution in [0.5, 0.6) is 0 Å². The summed E-state index contributed by atoms with van der Waals surface area (Å²) in [5.41, 5.74) is 2.06. The molecule has 0 fully saturated rings. The van der Waals surface area contributed by atoms with Gasteiger partial charge >= 0.3 is 0 Å². The van der Waals surface area contributed by atoms with Crippen LogP contribution in [0, 0.1) is 6.92 Å². The molecule has 1 heterocycles. The summed E-state index contributed by atoms with van der Waals surface area (Å²) in [4.78, 5) is 1.21. The monoisotopic (exact) mass is 377 g/mol. The Balaban J connectivity index is 1.81. The van der Waals surface area contributed by atoms with Gasteiger partial charge in [0.2, 0.25) is 5.13 Å². The van der Waals surface area contributed by atoms with Crippen LogP contribution < -0.4 is 4.72 Å². The third kappa shape index (κ3) is 3.77. The summed E-state index contributed by atoms with van der Waals surface area (Å²) in [6.45, 7) is 2.01. The van der Waals surface area contributed by atoms with Gasteiger partial charge in [-0.25, -0.2) is 8.42 Å². The van der Waals surface area contributed by atoms with Gasteiger partial charge in [0.15, 0.2) is 0 Å². The number of benzene rings is 2. The van der Waals surface area contributed by atoms with Crippen molar-refractivity contribution in [3.8, 4) is 10.6 Å². The first-order chi connectivity index (χ1) is 11.5. The quantitative estimate of drug-likeness (QED) is 0.680. The first-order valence-electron chi connectivity index (χ1n) is 7.05. The van der Waals surface area contributed by atoms with Gasteiger partial charge in [-0.1, -0.05) is 41.2 Å². The van der Waals surface area contributed by atoms with Crippen LogP contribution in [0.15, 0.2) is 58.3 Å². The average Bonchev–Trinajstić information content (AvgIpc) is 3.03. The van der Waals surface area contributed by atoms with Gasteiger partial charge in [0, 0.05) is 10.5 Å². The van der Waals surface area contributed by atoms with Crippen molar-refractivity contribution in [3.05, 3.63) is 54.1 Å². The van der Waals surface area contributed by atoms with Crippen molar-refractivity contribution in [1.82, 2.24) is 10.2 Å². The van der Waals surface area contributed by atoms with Crippen molar-refractivity contribution >= 4 is 38.3 Å². The third-order valence-corrected chi connectivity index (χ3v) is 6.43. The Kier molecular flexibility index (Phi) is 4.88. The van der Waals surface area contributed by atoms with E-state index in [4.69, 9.17) is 0 Å². The van der Waals surface area contributed by atoms with E-state index in [2.05, 4.69) is 14.9 Å². The zero-order valence-electron chi connectivity index (χ0n) is 13.1. The summed E-state index contributed by atoms with van der Waals surface area (Å²) < 4.78 is 27.3. The number of hydrogen-bond donors (Lipinski definition) is 1. The molecule has 2 aromatic carbocycles. The topological polar surface area (TPSA) is 72.0 Å². The molecule has 0 aliphatic rings. The fraction of sp³-hybridized carbons (Fsp3) is 0.125. The Bertz CT molecular complexity index is 933. The first-order valence-corrected chi connectivity index (χ1v) is 10.6. The van der Waals surface area contributed by atoms with Gasteiger partial charge < -0.3 is 0 Å². The zero-order chi connectivity index (χ0) is 17.2. The minimum absolute atomic E-state index is 0.201. The molecule has 1 aromatic heterocycles. The molecule has 124 valence electrons. The lowest BCUT2D eigenvalue weighted by atomic mass is 10.2. The van der Waals surface area contributed by atoms with Crippen molar-refractivity contribution in [2.24, 2.45) is 0 Å². The lowest BCUT2D eigenvalue weighted by molar-refractivity contribution is 0.601. The van der Waals surface area contributed by atoms with Gasteiger partial charge in [-0.05, 0) is 37.4 Å². The highest BCUT2D eigenvalue weighted by molar-refractivity contribution is 7.98. The molecule has 0 atom stereocenters. The maximum atomic E-state index is 12.4. The van der Waals surface area contributed by atoms with Crippen molar-refractivity contribution in [2.45, 2.75) is 16.7 Å². The van der Waals surface area contributed by atoms with E-state index in [0.717, 1.165) is 16.0 Å². The molecule has 0 unspecified atom stereocenters. The van der Waals surface area contributed by atoms with Crippen LogP contribution in [-0.2, 0) is 10.0 Å². The molecule has 0 amide bonds. The molecule has 0 aliphatic heterocycles. The van der Waals surface area contributed by atoms with Crippen molar-refractivity contribution < 1.29 is 8.42 Å². The van der Waals surface area contributed by atoms with Gasteiger partial charge in [-0.15, -0.1) is 22.0 Å². The van der Waals surface area contributed by atoms with Crippen LogP contribution in [0.3, 0.4) is 0 Å². The Labute approximate surface area is 149 Å². The number of hydrogen-bond acceptors (Lipinski definition) is 6. The number of anilines is 1. The standard InChI is InChI=1S/C16H15N3O2S3/c1-11-3-5-12(6-4-11)15-17-18-16(23-15)19-24(20,21)14-9-7-13(22-2)8-10-14/h3-10H,1-2H3,(H,18,19). The molecule has 5 nitrogen and oxygen atoms in total. The molecule has 3 rings (SSSR count). The van der Waals surface area contributed by atoms with E-state index in [9.17, 15) is 8.42 Å². The molecule has 8 heteroatoms. The third-order valence-electron chi connectivity index (χ3n) is 3.31. The van der Waals surface area contributed by atoms with E-state index in [1.54, 1.807) is 36.0 Å². The van der Waals surface area contributed by atoms with E-state index in [0.29, 0.717) is 5.01 Å². The summed E-state index contributed by atoms with van der Waals surface area (Å²) in [6.07, 6.45) is 1.94. The fourth-order valence-corrected chi connectivity index (χ4v) is 4.39. The molecular formula is C16H15N3O2S3. The lowest BCUT2D eigenvalue weighted by Crippen LogP contribution is -2.12. The number of rotatable bonds is 5. The Morgan fingerprint density at radius 2 is 1.67 bits per heavy atom. The summed E-state index contributed by atoms with van der Waals surface area (Å²) in [5.74, 6) is 0. The number of nitrogens with zero attached hydrogens (tertiary/aromatic N) is 2. The Morgan fingerprint density at radius 1 is 1.00 bits per heavy atom. The number of nitrogens with one attached hydrogen (secondary N) is 1. The zero-order valence-corrected chi connectivity index (χ0v) is 15.5. The van der Waals surface area contributed by atoms with Gasteiger partial charge in [-0.3, -0.25) is 4.72 Å². The maximum absolute atomic E-state index is 12.4. The lowest BCUT2D eigenvalue weighted by Gasteiger charge is -2.05. The molecule has 1 N–H and O–H groups in total. The summed E-state index contributed by atoms with van der Waals surface area (Å²) >= 11 is 2.76. The fourth-order valence-electron chi connectivity index (χ4n) is 2.01. The van der Waals surface area contributed by atoms with E-state index in [1.165, 1.54) is 11.3 Å². The Hall–Kier alpha value is -1.90. The molecule has 0 radical (unpaired) electrons. The van der Waals surface area contributed by atoms with E-state index in [1.807, 2.05) is 37.4 Å². The molecule has 0 saturated heterocycles. The minimum Gasteiger partial charge on any atom is -0.253 e. The molecule has 0 spiro atoms. The first kappa shape index (κ1) is 16.9. The van der Waals surface area contributed by atoms with Crippen LogP contribution in [-0.4, -0.2) is 24.9 Å². The van der Waals surface area contributed by atoms with Gasteiger partial charge in [0.05, 0.1) is 4.90 Å². The van der Waals surface area contributed by atoms with Crippen molar-refractivity contribution in [2.75, 3.05) is 11.0 Å². The van der Waals surface area contributed by atoms with Crippen LogP contribution >= 0.6 is 23.1 Å². The number of sulfonamides is 1. The van der Waals surface area contributed by atoms with Gasteiger partial charge in [0.25, 0.3) is 10.0 Å². The normalized spacial score (nSPS) is 11.4. The molecule has 0 aliphatic carbocycles. The largest absolute Gasteiger partial charge is 0.263 e. The second kappa shape index (κ2) is 6.92. The summed E-state index contributed by atoms with van der Waals surface area (Å²) in [5, 5.41) is 8.91. The highest BCUT2D eigenvalue weighted by atomic mass is 32.2. The molecule has 0 bridgehead atoms. The highest BCUT2D eigenvalue weighted by Crippen LogP contribution is 2.28. The number of aryl methyl sites for hydroxylation is 1. The van der Waals surface area contributed by atoms with Gasteiger partial charge in [-0.2, -0.15) is 0 Å². The van der Waals surface area contributed by atoms with Crippen LogP contribution in [0.25, 0.3) is 10.6 Å². The Morgan fingerprint density at radius 3 is 2.29 bits per heavy atom. The predicted molar refractivity (Wildman–Crippen MR) is 99.1 cm³/mol. The SMILES string of the molecule is CSc1ccc(S(=O)(=O)Nc2nnc(-c3ccc(C)cc3)s2)cc1. The van der Waals surface area contributed by atoms with Gasteiger partial charge in [0.1, 0.15) is 5.01 Å². The molecule has 3 aromatic rings. The second-order valence-electron chi connectivity index (χ2n) is 5.06. The smallest absolute Gasteiger partial charge is 0.253 e. The predicted octanol–water partition coefficient (Wildman–Crippen LogP) is 4.04. The van der Waals surface area contributed by atoms with Crippen LogP contribution in [0.2, 0.25) is 0 Å². The van der Waals surface area contributed by atoms with Crippen molar-refractivity contribution in [3.63, 3.8) is 0 Å². The van der Waals surface area contributed by atoms with E-state index < -0.39 is 10.0 Å². The number of thioether (sulfide) groups is 1. The second-order valence-corrected chi connectivity index (χ2v) is 8.60. The van der Waals surface area contributed by atoms with E-state index in [-0.39, 0.29) is 10.0 Å². The highest BCUT2D eigenvalue weighted by Gasteiger charge is 2.17. The molecule has 0 saturated carbocycles. The van der Waals surface area contributed by atoms with Crippen LogP contribution in [0.4, 0.5) is 5.13 Å². The molecular weight excluding hydrogens is 362 g/mol.